The van der Waals surface area contributed by atoms with E-state index in [0.717, 1.165) is 11.1 Å². The van der Waals surface area contributed by atoms with E-state index in [9.17, 15) is 0 Å². The normalized spacial score (nSPS) is 24.7. The van der Waals surface area contributed by atoms with Crippen molar-refractivity contribution in [2.45, 2.75) is 128 Å². The molecule has 3 rings (SSSR count). The second-order valence-corrected chi connectivity index (χ2v) is 23.9. The summed E-state index contributed by atoms with van der Waals surface area (Å²) in [5.41, 5.74) is 2.25. The van der Waals surface area contributed by atoms with E-state index in [1.807, 2.05) is 36.4 Å². The maximum Gasteiger partial charge on any atom is 0.192 e. The van der Waals surface area contributed by atoms with E-state index in [-0.39, 0.29) is 40.6 Å². The quantitative estimate of drug-likeness (QED) is 0.248. The number of hydrogen-bond acceptors (Lipinski definition) is 5. The predicted octanol–water partition coefficient (Wildman–Crippen LogP) is 8.36. The molecule has 1 fully saturated rings. The van der Waals surface area contributed by atoms with Crippen molar-refractivity contribution < 1.29 is 23.1 Å². The lowest BCUT2D eigenvalue weighted by Crippen LogP contribution is -2.64. The molecule has 3 unspecified atom stereocenters. The van der Waals surface area contributed by atoms with Crippen LogP contribution in [0.3, 0.4) is 0 Å². The molecule has 5 nitrogen and oxygen atoms in total. The summed E-state index contributed by atoms with van der Waals surface area (Å²) in [5, 5.41) is 0.141. The third-order valence-electron chi connectivity index (χ3n) is 9.09. The molecule has 0 aliphatic carbocycles. The highest BCUT2D eigenvalue weighted by molar-refractivity contribution is 6.74. The van der Waals surface area contributed by atoms with Gasteiger partial charge in [-0.25, -0.2) is 0 Å². The molecule has 0 spiro atoms. The van der Waals surface area contributed by atoms with Crippen molar-refractivity contribution >= 4 is 16.6 Å². The lowest BCUT2D eigenvalue weighted by Gasteiger charge is -2.50. The summed E-state index contributed by atoms with van der Waals surface area (Å²) >= 11 is 0. The monoisotopic (exact) mass is 586 g/mol. The van der Waals surface area contributed by atoms with Crippen LogP contribution in [0.25, 0.3) is 0 Å². The molecule has 1 aliphatic heterocycles. The lowest BCUT2D eigenvalue weighted by atomic mass is 9.95. The number of hydrogen-bond donors (Lipinski definition) is 0. The Morgan fingerprint density at radius 3 is 1.55 bits per heavy atom. The molecule has 0 bridgehead atoms. The first-order chi connectivity index (χ1) is 18.5. The van der Waals surface area contributed by atoms with Crippen LogP contribution in [0.5, 0.6) is 0 Å². The fraction of sp³-hybridized carbons (Fsp3) is 0.636. The first-order valence-corrected chi connectivity index (χ1v) is 20.6. The van der Waals surface area contributed by atoms with Gasteiger partial charge in [-0.2, -0.15) is 0 Å². The summed E-state index contributed by atoms with van der Waals surface area (Å²) in [6.45, 7) is 26.4. The summed E-state index contributed by atoms with van der Waals surface area (Å²) in [6.07, 6.45) is -1.34. The zero-order chi connectivity index (χ0) is 29.8. The van der Waals surface area contributed by atoms with E-state index in [2.05, 4.69) is 98.9 Å². The molecule has 5 atom stereocenters. The van der Waals surface area contributed by atoms with Gasteiger partial charge in [0.05, 0.1) is 25.9 Å². The molecular weight excluding hydrogens is 533 g/mol. The fourth-order valence-corrected chi connectivity index (χ4v) is 6.67. The SMILES string of the molecule is C[C@@H]1OC(CO[Si](C)(C)C(C)(C)C)[C@@H](OCc2ccccc2)C(O[Si](C)(C)C(C)(C)C)C1OCc1ccccc1. The van der Waals surface area contributed by atoms with Crippen molar-refractivity contribution in [2.75, 3.05) is 6.61 Å². The van der Waals surface area contributed by atoms with Crippen molar-refractivity contribution in [2.24, 2.45) is 0 Å². The van der Waals surface area contributed by atoms with Gasteiger partial charge < -0.3 is 23.1 Å². The number of rotatable bonds is 11. The third-order valence-corrected chi connectivity index (χ3v) is 18.1. The molecule has 40 heavy (non-hydrogen) atoms. The Morgan fingerprint density at radius 1 is 0.650 bits per heavy atom. The van der Waals surface area contributed by atoms with Crippen molar-refractivity contribution in [3.8, 4) is 0 Å². The molecule has 0 aromatic heterocycles. The van der Waals surface area contributed by atoms with Crippen molar-refractivity contribution in [3.05, 3.63) is 71.8 Å². The van der Waals surface area contributed by atoms with E-state index in [4.69, 9.17) is 23.1 Å². The van der Waals surface area contributed by atoms with Crippen molar-refractivity contribution in [1.29, 1.82) is 0 Å². The minimum Gasteiger partial charge on any atom is -0.414 e. The van der Waals surface area contributed by atoms with Crippen LogP contribution in [0.4, 0.5) is 0 Å². The van der Waals surface area contributed by atoms with Crippen LogP contribution in [-0.2, 0) is 36.3 Å². The molecule has 1 saturated heterocycles. The molecule has 2 aromatic rings. The number of benzene rings is 2. The Hall–Kier alpha value is -1.33. The lowest BCUT2D eigenvalue weighted by molar-refractivity contribution is -0.248. The van der Waals surface area contributed by atoms with Gasteiger partial charge in [-0.05, 0) is 54.3 Å². The Labute approximate surface area is 246 Å². The summed E-state index contributed by atoms with van der Waals surface area (Å²) in [7, 11) is -4.19. The zero-order valence-electron chi connectivity index (χ0n) is 26.8. The molecule has 2 aromatic carbocycles. The fourth-order valence-electron chi connectivity index (χ4n) is 4.35. The van der Waals surface area contributed by atoms with Gasteiger partial charge in [0, 0.05) is 0 Å². The van der Waals surface area contributed by atoms with Gasteiger partial charge in [-0.1, -0.05) is 102 Å². The van der Waals surface area contributed by atoms with Crippen LogP contribution in [0.2, 0.25) is 36.3 Å². The summed E-state index contributed by atoms with van der Waals surface area (Å²) in [4.78, 5) is 0. The van der Waals surface area contributed by atoms with E-state index < -0.39 is 16.6 Å². The topological polar surface area (TPSA) is 46.2 Å². The maximum atomic E-state index is 7.21. The van der Waals surface area contributed by atoms with Gasteiger partial charge in [0.15, 0.2) is 16.6 Å². The Balaban J connectivity index is 1.95. The van der Waals surface area contributed by atoms with E-state index in [0.29, 0.717) is 19.8 Å². The average Bonchev–Trinajstić information content (AvgIpc) is 2.86. The second kappa shape index (κ2) is 13.3. The minimum absolute atomic E-state index is 0.0373. The summed E-state index contributed by atoms with van der Waals surface area (Å²) < 4.78 is 34.0. The van der Waals surface area contributed by atoms with E-state index >= 15 is 0 Å². The summed E-state index contributed by atoms with van der Waals surface area (Å²) in [5.74, 6) is 0. The van der Waals surface area contributed by atoms with E-state index in [1.165, 1.54) is 0 Å². The molecule has 0 N–H and O–H groups in total. The highest BCUT2D eigenvalue weighted by Crippen LogP contribution is 2.41. The zero-order valence-corrected chi connectivity index (χ0v) is 28.8. The highest BCUT2D eigenvalue weighted by Gasteiger charge is 2.51. The molecule has 0 radical (unpaired) electrons. The van der Waals surface area contributed by atoms with Gasteiger partial charge in [-0.15, -0.1) is 0 Å². The molecule has 7 heteroatoms. The summed E-state index contributed by atoms with van der Waals surface area (Å²) in [6, 6.07) is 20.6. The van der Waals surface area contributed by atoms with Gasteiger partial charge in [0.2, 0.25) is 0 Å². The largest absolute Gasteiger partial charge is 0.414 e. The molecule has 1 heterocycles. The van der Waals surface area contributed by atoms with Crippen molar-refractivity contribution in [3.63, 3.8) is 0 Å². The van der Waals surface area contributed by atoms with Crippen LogP contribution in [0.15, 0.2) is 60.7 Å². The molecule has 0 amide bonds. The first-order valence-electron chi connectivity index (χ1n) is 14.8. The molecular formula is C33H54O5Si2. The molecule has 1 aliphatic rings. The van der Waals surface area contributed by atoms with Crippen LogP contribution in [0.1, 0.15) is 59.6 Å². The smallest absolute Gasteiger partial charge is 0.192 e. The van der Waals surface area contributed by atoms with Crippen LogP contribution in [-0.4, -0.2) is 53.8 Å². The first kappa shape index (κ1) is 33.2. The molecule has 224 valence electrons. The van der Waals surface area contributed by atoms with Crippen LogP contribution in [0, 0.1) is 0 Å². The van der Waals surface area contributed by atoms with Crippen LogP contribution < -0.4 is 0 Å². The van der Waals surface area contributed by atoms with Gasteiger partial charge in [-0.3, -0.25) is 0 Å². The third kappa shape index (κ3) is 8.60. The van der Waals surface area contributed by atoms with Crippen molar-refractivity contribution in [1.82, 2.24) is 0 Å². The molecule has 0 saturated carbocycles. The average molecular weight is 587 g/mol. The second-order valence-electron chi connectivity index (χ2n) is 14.3. The predicted molar refractivity (Wildman–Crippen MR) is 170 cm³/mol. The van der Waals surface area contributed by atoms with Crippen LogP contribution >= 0.6 is 0 Å². The van der Waals surface area contributed by atoms with E-state index in [1.54, 1.807) is 0 Å². The highest BCUT2D eigenvalue weighted by atomic mass is 28.4. The maximum absolute atomic E-state index is 7.21. The van der Waals surface area contributed by atoms with Gasteiger partial charge >= 0.3 is 0 Å². The number of ether oxygens (including phenoxy) is 3. The Kier molecular flexibility index (Phi) is 11.0. The Bertz CT molecular complexity index is 1030. The van der Waals surface area contributed by atoms with Gasteiger partial charge in [0.1, 0.15) is 24.4 Å². The standard InChI is InChI=1S/C33H54O5Si2/c1-25-29(34-22-26-18-14-12-15-19-26)31(38-40(10,11)33(5,6)7)30(35-23-27-20-16-13-17-21-27)28(37-25)24-36-39(8,9)32(2,3)4/h12-21,25,28-31H,22-24H2,1-11H3/t25-,28?,29?,30+,31?/m0/s1. The van der Waals surface area contributed by atoms with Gasteiger partial charge in [0.25, 0.3) is 0 Å². The Morgan fingerprint density at radius 2 is 1.10 bits per heavy atom. The minimum atomic E-state index is -2.19.